The third-order valence-electron chi connectivity index (χ3n) is 3.46. The van der Waals surface area contributed by atoms with Gasteiger partial charge >= 0.3 is 5.97 Å². The molecule has 0 amide bonds. The number of carboxylic acids is 1. The van der Waals surface area contributed by atoms with E-state index in [1.165, 1.54) is 0 Å². The minimum Gasteiger partial charge on any atom is -0.481 e. The van der Waals surface area contributed by atoms with Crippen molar-refractivity contribution in [3.05, 3.63) is 28.8 Å². The highest BCUT2D eigenvalue weighted by Gasteiger charge is 2.36. The fourth-order valence-corrected chi connectivity index (χ4v) is 2.71. The van der Waals surface area contributed by atoms with Gasteiger partial charge in [-0.3, -0.25) is 4.79 Å². The van der Waals surface area contributed by atoms with Crippen molar-refractivity contribution in [3.63, 3.8) is 0 Å². The van der Waals surface area contributed by atoms with Crippen molar-refractivity contribution < 1.29 is 9.90 Å². The van der Waals surface area contributed by atoms with Gasteiger partial charge in [-0.1, -0.05) is 11.6 Å². The maximum Gasteiger partial charge on any atom is 0.308 e. The van der Waals surface area contributed by atoms with Crippen LogP contribution in [-0.2, 0) is 4.79 Å². The van der Waals surface area contributed by atoms with Gasteiger partial charge in [-0.25, -0.2) is 0 Å². The first kappa shape index (κ1) is 12.7. The summed E-state index contributed by atoms with van der Waals surface area (Å²) in [6, 6.07) is 7.02. The van der Waals surface area contributed by atoms with E-state index in [1.54, 1.807) is 18.2 Å². The van der Waals surface area contributed by atoms with Gasteiger partial charge in [0.15, 0.2) is 0 Å². The van der Waals surface area contributed by atoms with Crippen LogP contribution in [0.2, 0.25) is 5.02 Å². The summed E-state index contributed by atoms with van der Waals surface area (Å²) in [6.45, 7) is 2.56. The maximum atomic E-state index is 11.1. The summed E-state index contributed by atoms with van der Waals surface area (Å²) in [6.07, 6.45) is 0.618. The average Bonchev–Trinajstić information content (AvgIpc) is 2.71. The zero-order valence-electron chi connectivity index (χ0n) is 9.93. The molecule has 18 heavy (non-hydrogen) atoms. The van der Waals surface area contributed by atoms with Gasteiger partial charge < -0.3 is 10.0 Å². The van der Waals surface area contributed by atoms with Gasteiger partial charge in [0.1, 0.15) is 0 Å². The highest BCUT2D eigenvalue weighted by Crippen LogP contribution is 2.34. The van der Waals surface area contributed by atoms with E-state index in [-0.39, 0.29) is 12.0 Å². The standard InChI is InChI=1S/C13H13ClN2O2/c1-8-10(13(17)18)4-5-16(8)12-3-2-9(7-15)6-11(12)14/h2-3,6,8,10H,4-5H2,1H3,(H,17,18). The van der Waals surface area contributed by atoms with Gasteiger partial charge in [0, 0.05) is 12.6 Å². The Bertz CT molecular complexity index is 524. The summed E-state index contributed by atoms with van der Waals surface area (Å²) in [7, 11) is 0. The molecule has 0 radical (unpaired) electrons. The van der Waals surface area contributed by atoms with Gasteiger partial charge in [-0.15, -0.1) is 0 Å². The van der Waals surface area contributed by atoms with E-state index in [0.717, 1.165) is 5.69 Å². The largest absolute Gasteiger partial charge is 0.481 e. The Morgan fingerprint density at radius 3 is 2.83 bits per heavy atom. The number of rotatable bonds is 2. The minimum absolute atomic E-state index is 0.0899. The molecule has 1 aliphatic heterocycles. The highest BCUT2D eigenvalue weighted by atomic mass is 35.5. The predicted octanol–water partition coefficient (Wildman–Crippen LogP) is 2.51. The lowest BCUT2D eigenvalue weighted by atomic mass is 10.0. The molecular formula is C13H13ClN2O2. The van der Waals surface area contributed by atoms with E-state index >= 15 is 0 Å². The zero-order chi connectivity index (χ0) is 13.3. The average molecular weight is 265 g/mol. The molecule has 2 rings (SSSR count). The second-order valence-electron chi connectivity index (χ2n) is 4.45. The first-order valence-electron chi connectivity index (χ1n) is 5.73. The van der Waals surface area contributed by atoms with Crippen LogP contribution in [0.25, 0.3) is 0 Å². The van der Waals surface area contributed by atoms with Crippen LogP contribution < -0.4 is 4.90 Å². The van der Waals surface area contributed by atoms with Crippen molar-refractivity contribution in [2.45, 2.75) is 19.4 Å². The lowest BCUT2D eigenvalue weighted by Gasteiger charge is -2.26. The Kier molecular flexibility index (Phi) is 3.44. The number of halogens is 1. The van der Waals surface area contributed by atoms with E-state index in [0.29, 0.717) is 23.6 Å². The number of carbonyl (C=O) groups is 1. The molecule has 2 unspecified atom stereocenters. The van der Waals surface area contributed by atoms with Gasteiger partial charge in [0.05, 0.1) is 28.3 Å². The number of benzene rings is 1. The lowest BCUT2D eigenvalue weighted by molar-refractivity contribution is -0.141. The summed E-state index contributed by atoms with van der Waals surface area (Å²) in [5, 5.41) is 18.4. The van der Waals surface area contributed by atoms with E-state index in [2.05, 4.69) is 0 Å². The number of nitrogens with zero attached hydrogens (tertiary/aromatic N) is 2. The van der Waals surface area contributed by atoms with Gasteiger partial charge in [0.2, 0.25) is 0 Å². The molecule has 1 fully saturated rings. The summed E-state index contributed by atoms with van der Waals surface area (Å²) < 4.78 is 0. The molecule has 94 valence electrons. The molecule has 1 N–H and O–H groups in total. The number of nitriles is 1. The number of hydrogen-bond acceptors (Lipinski definition) is 3. The summed E-state index contributed by atoms with van der Waals surface area (Å²) in [4.78, 5) is 13.1. The Balaban J connectivity index is 2.29. The Morgan fingerprint density at radius 1 is 1.61 bits per heavy atom. The molecule has 0 aromatic heterocycles. The molecule has 1 aromatic rings. The minimum atomic E-state index is -0.769. The molecule has 0 saturated carbocycles. The van der Waals surface area contributed by atoms with Crippen LogP contribution in [-0.4, -0.2) is 23.7 Å². The third kappa shape index (κ3) is 2.14. The molecule has 0 bridgehead atoms. The van der Waals surface area contributed by atoms with E-state index in [4.69, 9.17) is 22.0 Å². The second kappa shape index (κ2) is 4.87. The molecular weight excluding hydrogens is 252 g/mol. The molecule has 0 aliphatic carbocycles. The summed E-state index contributed by atoms with van der Waals surface area (Å²) in [5.74, 6) is -1.13. The number of aliphatic carboxylic acids is 1. The molecule has 0 spiro atoms. The first-order chi connectivity index (χ1) is 8.54. The highest BCUT2D eigenvalue weighted by molar-refractivity contribution is 6.33. The topological polar surface area (TPSA) is 64.3 Å². The molecule has 1 saturated heterocycles. The van der Waals surface area contributed by atoms with E-state index < -0.39 is 5.97 Å². The zero-order valence-corrected chi connectivity index (χ0v) is 10.7. The Labute approximate surface area is 110 Å². The monoisotopic (exact) mass is 264 g/mol. The lowest BCUT2D eigenvalue weighted by Crippen LogP contribution is -2.33. The maximum absolute atomic E-state index is 11.1. The molecule has 2 atom stereocenters. The summed E-state index contributed by atoms with van der Waals surface area (Å²) >= 11 is 6.14. The van der Waals surface area contributed by atoms with Crippen LogP contribution in [0.4, 0.5) is 5.69 Å². The SMILES string of the molecule is CC1C(C(=O)O)CCN1c1ccc(C#N)cc1Cl. The smallest absolute Gasteiger partial charge is 0.308 e. The fraction of sp³-hybridized carbons (Fsp3) is 0.385. The third-order valence-corrected chi connectivity index (χ3v) is 3.76. The van der Waals surface area contributed by atoms with Crippen LogP contribution in [0.3, 0.4) is 0 Å². The first-order valence-corrected chi connectivity index (χ1v) is 6.11. The van der Waals surface area contributed by atoms with E-state index in [9.17, 15) is 4.79 Å². The van der Waals surface area contributed by atoms with Gasteiger partial charge in [-0.2, -0.15) is 5.26 Å². The van der Waals surface area contributed by atoms with Crippen molar-refractivity contribution in [1.29, 1.82) is 5.26 Å². The molecule has 1 heterocycles. The summed E-state index contributed by atoms with van der Waals surface area (Å²) in [5.41, 5.74) is 1.30. The van der Waals surface area contributed by atoms with Crippen molar-refractivity contribution in [2.24, 2.45) is 5.92 Å². The van der Waals surface area contributed by atoms with Gasteiger partial charge in [-0.05, 0) is 31.5 Å². The van der Waals surface area contributed by atoms with Crippen LogP contribution in [0.1, 0.15) is 18.9 Å². The van der Waals surface area contributed by atoms with Gasteiger partial charge in [0.25, 0.3) is 0 Å². The molecule has 4 nitrogen and oxygen atoms in total. The van der Waals surface area contributed by atoms with Crippen molar-refractivity contribution in [1.82, 2.24) is 0 Å². The van der Waals surface area contributed by atoms with Crippen molar-refractivity contribution in [3.8, 4) is 6.07 Å². The normalized spacial score (nSPS) is 22.8. The Hall–Kier alpha value is -1.73. The fourth-order valence-electron chi connectivity index (χ4n) is 2.42. The quantitative estimate of drug-likeness (QED) is 0.891. The molecule has 1 aromatic carbocycles. The van der Waals surface area contributed by atoms with Crippen LogP contribution >= 0.6 is 11.6 Å². The Morgan fingerprint density at radius 2 is 2.33 bits per heavy atom. The molecule has 5 heteroatoms. The number of hydrogen-bond donors (Lipinski definition) is 1. The van der Waals surface area contributed by atoms with Crippen LogP contribution in [0.5, 0.6) is 0 Å². The van der Waals surface area contributed by atoms with Crippen molar-refractivity contribution in [2.75, 3.05) is 11.4 Å². The van der Waals surface area contributed by atoms with Crippen LogP contribution in [0, 0.1) is 17.2 Å². The van der Waals surface area contributed by atoms with E-state index in [1.807, 2.05) is 17.9 Å². The van der Waals surface area contributed by atoms with Crippen molar-refractivity contribution >= 4 is 23.3 Å². The second-order valence-corrected chi connectivity index (χ2v) is 4.85. The number of anilines is 1. The number of carboxylic acid groups (broad SMARTS) is 1. The molecule has 1 aliphatic rings. The predicted molar refractivity (Wildman–Crippen MR) is 68.7 cm³/mol. The van der Waals surface area contributed by atoms with Crippen LogP contribution in [0.15, 0.2) is 18.2 Å².